The van der Waals surface area contributed by atoms with Crippen molar-refractivity contribution in [3.05, 3.63) is 52.8 Å². The molecule has 2 aromatic carbocycles. The SMILES string of the molecule is CN(C)C(N)=N[C@H]1c2cc(-c3cc(F)cc(Cl)c3)ccc2O[C@H]2CCC(O)C[C@H]21. The van der Waals surface area contributed by atoms with Gasteiger partial charge in [-0.25, -0.2) is 9.38 Å². The second-order valence-electron chi connectivity index (χ2n) is 8.02. The third-order valence-electron chi connectivity index (χ3n) is 5.74. The van der Waals surface area contributed by atoms with Gasteiger partial charge in [0, 0.05) is 30.6 Å². The van der Waals surface area contributed by atoms with E-state index in [1.54, 1.807) is 11.0 Å². The molecule has 0 spiro atoms. The van der Waals surface area contributed by atoms with Crippen LogP contribution in [0.25, 0.3) is 11.1 Å². The van der Waals surface area contributed by atoms with E-state index >= 15 is 0 Å². The lowest BCUT2D eigenvalue weighted by atomic mass is 9.75. The summed E-state index contributed by atoms with van der Waals surface area (Å²) in [6, 6.07) is 9.99. The van der Waals surface area contributed by atoms with E-state index in [2.05, 4.69) is 0 Å². The average Bonchev–Trinajstić information content (AvgIpc) is 2.67. The Morgan fingerprint density at radius 3 is 2.72 bits per heavy atom. The summed E-state index contributed by atoms with van der Waals surface area (Å²) >= 11 is 6.05. The van der Waals surface area contributed by atoms with Crippen molar-refractivity contribution in [2.45, 2.75) is 37.5 Å². The van der Waals surface area contributed by atoms with Crippen molar-refractivity contribution in [3.63, 3.8) is 0 Å². The zero-order valence-corrected chi connectivity index (χ0v) is 17.2. The summed E-state index contributed by atoms with van der Waals surface area (Å²) in [5.41, 5.74) is 8.56. The van der Waals surface area contributed by atoms with E-state index in [1.165, 1.54) is 12.1 Å². The van der Waals surface area contributed by atoms with Crippen LogP contribution >= 0.6 is 11.6 Å². The number of fused-ring (bicyclic) bond motifs is 2. The van der Waals surface area contributed by atoms with Crippen LogP contribution in [0, 0.1) is 11.7 Å². The van der Waals surface area contributed by atoms with Crippen molar-refractivity contribution in [3.8, 4) is 16.9 Å². The van der Waals surface area contributed by atoms with Gasteiger partial charge in [-0.05, 0) is 60.7 Å². The molecule has 0 aromatic heterocycles. The molecule has 0 saturated heterocycles. The van der Waals surface area contributed by atoms with Crippen LogP contribution in [0.1, 0.15) is 30.9 Å². The Hall–Kier alpha value is -2.31. The summed E-state index contributed by atoms with van der Waals surface area (Å²) in [5.74, 6) is 0.814. The van der Waals surface area contributed by atoms with Crippen molar-refractivity contribution in [1.82, 2.24) is 4.90 Å². The number of rotatable bonds is 2. The van der Waals surface area contributed by atoms with Crippen molar-refractivity contribution in [2.75, 3.05) is 14.1 Å². The van der Waals surface area contributed by atoms with Gasteiger partial charge in [-0.1, -0.05) is 17.7 Å². The normalized spacial score (nSPS) is 26.3. The van der Waals surface area contributed by atoms with Crippen LogP contribution in [0.4, 0.5) is 4.39 Å². The van der Waals surface area contributed by atoms with E-state index in [-0.39, 0.29) is 30.0 Å². The minimum atomic E-state index is -0.386. The first-order valence-electron chi connectivity index (χ1n) is 9.77. The average molecular weight is 418 g/mol. The molecule has 0 radical (unpaired) electrons. The molecule has 2 aliphatic rings. The number of hydrogen-bond acceptors (Lipinski definition) is 3. The van der Waals surface area contributed by atoms with Crippen LogP contribution in [0.5, 0.6) is 5.75 Å². The van der Waals surface area contributed by atoms with Crippen LogP contribution in [0.2, 0.25) is 5.02 Å². The maximum Gasteiger partial charge on any atom is 0.191 e. The summed E-state index contributed by atoms with van der Waals surface area (Å²) < 4.78 is 20.1. The third kappa shape index (κ3) is 4.05. The summed E-state index contributed by atoms with van der Waals surface area (Å²) in [4.78, 5) is 6.56. The monoisotopic (exact) mass is 417 g/mol. The fourth-order valence-electron chi connectivity index (χ4n) is 4.24. The highest BCUT2D eigenvalue weighted by Crippen LogP contribution is 2.47. The van der Waals surface area contributed by atoms with Gasteiger partial charge in [-0.15, -0.1) is 0 Å². The standard InChI is InChI=1S/C22H25ClFN3O2/c1-27(2)22(25)26-21-17-9-12(13-7-14(23)10-15(24)8-13)3-5-19(17)29-20-6-4-16(28)11-18(20)21/h3,5,7-10,16,18,20-21,28H,4,6,11H2,1-2H3,(H2,25,26)/t16?,18-,20+,21+/m1/s1. The first-order valence-corrected chi connectivity index (χ1v) is 10.2. The summed E-state index contributed by atoms with van der Waals surface area (Å²) in [5, 5.41) is 10.6. The molecule has 4 atom stereocenters. The molecule has 0 bridgehead atoms. The van der Waals surface area contributed by atoms with Crippen LogP contribution in [-0.4, -0.2) is 42.3 Å². The van der Waals surface area contributed by atoms with Crippen LogP contribution < -0.4 is 10.5 Å². The number of hydrogen-bond donors (Lipinski definition) is 2. The van der Waals surface area contributed by atoms with Crippen LogP contribution in [0.15, 0.2) is 41.4 Å². The van der Waals surface area contributed by atoms with E-state index in [1.807, 2.05) is 32.3 Å². The van der Waals surface area contributed by atoms with E-state index in [4.69, 9.17) is 27.1 Å². The lowest BCUT2D eigenvalue weighted by Crippen LogP contribution is -2.43. The quantitative estimate of drug-likeness (QED) is 0.572. The molecule has 154 valence electrons. The number of aliphatic hydroxyl groups excluding tert-OH is 1. The lowest BCUT2D eigenvalue weighted by molar-refractivity contribution is -0.00194. The largest absolute Gasteiger partial charge is 0.490 e. The van der Waals surface area contributed by atoms with Gasteiger partial charge in [0.25, 0.3) is 0 Å². The molecule has 1 aliphatic heterocycles. The maximum absolute atomic E-state index is 13.9. The highest BCUT2D eigenvalue weighted by molar-refractivity contribution is 6.30. The van der Waals surface area contributed by atoms with Crippen molar-refractivity contribution < 1.29 is 14.2 Å². The van der Waals surface area contributed by atoms with Gasteiger partial charge in [0.05, 0.1) is 12.1 Å². The molecule has 3 N–H and O–H groups in total. The number of nitrogens with zero attached hydrogens (tertiary/aromatic N) is 2. The van der Waals surface area contributed by atoms with Gasteiger partial charge in [0.1, 0.15) is 17.7 Å². The molecule has 29 heavy (non-hydrogen) atoms. The Kier molecular flexibility index (Phi) is 5.40. The first kappa shape index (κ1) is 20.0. The fraction of sp³-hybridized carbons (Fsp3) is 0.409. The molecule has 0 amide bonds. The van der Waals surface area contributed by atoms with Crippen LogP contribution in [-0.2, 0) is 0 Å². The molecule has 4 rings (SSSR count). The second-order valence-corrected chi connectivity index (χ2v) is 8.46. The minimum absolute atomic E-state index is 0.0101. The third-order valence-corrected chi connectivity index (χ3v) is 5.96. The number of aliphatic hydroxyl groups is 1. The predicted octanol–water partition coefficient (Wildman–Crippen LogP) is 3.99. The van der Waals surface area contributed by atoms with Gasteiger partial charge < -0.3 is 20.5 Å². The van der Waals surface area contributed by atoms with Gasteiger partial charge in [0.15, 0.2) is 5.96 Å². The Morgan fingerprint density at radius 1 is 1.21 bits per heavy atom. The predicted molar refractivity (Wildman–Crippen MR) is 113 cm³/mol. The van der Waals surface area contributed by atoms with E-state index in [0.717, 1.165) is 29.7 Å². The summed E-state index contributed by atoms with van der Waals surface area (Å²) in [6.07, 6.45) is 1.72. The van der Waals surface area contributed by atoms with Gasteiger partial charge >= 0.3 is 0 Å². The zero-order valence-electron chi connectivity index (χ0n) is 16.5. The second kappa shape index (κ2) is 7.84. The zero-order chi connectivity index (χ0) is 20.7. The Labute approximate surface area is 174 Å². The number of guanidine groups is 1. The van der Waals surface area contributed by atoms with Crippen molar-refractivity contribution in [1.29, 1.82) is 0 Å². The lowest BCUT2D eigenvalue weighted by Gasteiger charge is -2.42. The number of ether oxygens (including phenoxy) is 1. The summed E-state index contributed by atoms with van der Waals surface area (Å²) in [6.45, 7) is 0. The Bertz CT molecular complexity index is 929. The maximum atomic E-state index is 13.9. The van der Waals surface area contributed by atoms with Crippen molar-refractivity contribution >= 4 is 17.6 Å². The van der Waals surface area contributed by atoms with E-state index < -0.39 is 0 Å². The molecular weight excluding hydrogens is 393 g/mol. The van der Waals surface area contributed by atoms with Crippen LogP contribution in [0.3, 0.4) is 0 Å². The topological polar surface area (TPSA) is 71.1 Å². The molecule has 1 heterocycles. The molecule has 1 saturated carbocycles. The molecule has 1 unspecified atom stereocenters. The van der Waals surface area contributed by atoms with Crippen molar-refractivity contribution in [2.24, 2.45) is 16.6 Å². The molecule has 5 nitrogen and oxygen atoms in total. The highest BCUT2D eigenvalue weighted by Gasteiger charge is 2.42. The molecule has 1 aliphatic carbocycles. The Balaban J connectivity index is 1.81. The number of halogens is 2. The first-order chi connectivity index (χ1) is 13.8. The number of benzene rings is 2. The molecule has 1 fully saturated rings. The van der Waals surface area contributed by atoms with Gasteiger partial charge in [-0.3, -0.25) is 0 Å². The smallest absolute Gasteiger partial charge is 0.191 e. The fourth-order valence-corrected chi connectivity index (χ4v) is 4.46. The molecule has 7 heteroatoms. The summed E-state index contributed by atoms with van der Waals surface area (Å²) in [7, 11) is 3.69. The van der Waals surface area contributed by atoms with E-state index in [0.29, 0.717) is 23.0 Å². The van der Waals surface area contributed by atoms with E-state index in [9.17, 15) is 9.50 Å². The minimum Gasteiger partial charge on any atom is -0.490 e. The van der Waals surface area contributed by atoms with Gasteiger partial charge in [-0.2, -0.15) is 0 Å². The highest BCUT2D eigenvalue weighted by atomic mass is 35.5. The van der Waals surface area contributed by atoms with Gasteiger partial charge in [0.2, 0.25) is 0 Å². The number of aliphatic imine (C=N–C) groups is 1. The Morgan fingerprint density at radius 2 is 2.00 bits per heavy atom. The number of nitrogens with two attached hydrogens (primary N) is 1. The molecule has 2 aromatic rings. The molecular formula is C22H25ClFN3O2.